The summed E-state index contributed by atoms with van der Waals surface area (Å²) in [6.45, 7) is 3.19. The molecule has 5 nitrogen and oxygen atoms in total. The molecular weight excluding hydrogens is 216 g/mol. The third-order valence-electron chi connectivity index (χ3n) is 3.42. The van der Waals surface area contributed by atoms with Crippen LogP contribution in [0.2, 0.25) is 0 Å². The number of hydrogen-bond donors (Lipinski definition) is 0. The summed E-state index contributed by atoms with van der Waals surface area (Å²) in [6, 6.07) is 0.448. The second kappa shape index (κ2) is 3.69. The van der Waals surface area contributed by atoms with Gasteiger partial charge in [-0.3, -0.25) is 4.84 Å². The maximum absolute atomic E-state index is 11.5. The van der Waals surface area contributed by atoms with E-state index in [-0.39, 0.29) is 6.04 Å². The van der Waals surface area contributed by atoms with Crippen molar-refractivity contribution in [3.8, 4) is 0 Å². The van der Waals surface area contributed by atoms with E-state index in [1.807, 2.05) is 19.0 Å². The van der Waals surface area contributed by atoms with Crippen molar-refractivity contribution in [1.82, 2.24) is 9.37 Å². The third-order valence-corrected chi connectivity index (χ3v) is 4.78. The monoisotopic (exact) mass is 234 g/mol. The topological polar surface area (TPSA) is 49.9 Å². The maximum atomic E-state index is 11.5. The van der Waals surface area contributed by atoms with Crippen molar-refractivity contribution in [3.63, 3.8) is 0 Å². The number of rotatable bonds is 1. The van der Waals surface area contributed by atoms with Gasteiger partial charge in [0.05, 0.1) is 12.9 Å². The van der Waals surface area contributed by atoms with Gasteiger partial charge in [0.1, 0.15) is 0 Å². The summed E-state index contributed by atoms with van der Waals surface area (Å²) < 4.78 is 24.7. The smallest absolute Gasteiger partial charge is 0.211 e. The van der Waals surface area contributed by atoms with Crippen molar-refractivity contribution in [2.45, 2.75) is 25.4 Å². The van der Waals surface area contributed by atoms with E-state index in [1.165, 1.54) is 6.26 Å². The Morgan fingerprint density at radius 3 is 2.67 bits per heavy atom. The summed E-state index contributed by atoms with van der Waals surface area (Å²) >= 11 is 0. The van der Waals surface area contributed by atoms with E-state index in [2.05, 4.69) is 0 Å². The summed E-state index contributed by atoms with van der Waals surface area (Å²) in [7, 11) is -1.15. The molecule has 3 atom stereocenters. The van der Waals surface area contributed by atoms with Crippen molar-refractivity contribution >= 4 is 10.0 Å². The van der Waals surface area contributed by atoms with Crippen LogP contribution in [-0.2, 0) is 14.9 Å². The first-order valence-electron chi connectivity index (χ1n) is 5.22. The van der Waals surface area contributed by atoms with Gasteiger partial charge in [-0.2, -0.15) is 9.37 Å². The zero-order chi connectivity index (χ0) is 11.2. The standard InChI is InChI=1S/C9H18N2O3S/c1-7-4-9-8(6-14-10(9)2)5-11(7)15(3,12)13/h7-9H,4-6H2,1-3H3/t7-,8+,9+/m0/s1. The van der Waals surface area contributed by atoms with Crippen molar-refractivity contribution in [1.29, 1.82) is 0 Å². The zero-order valence-electron chi connectivity index (χ0n) is 9.38. The number of piperidine rings is 1. The highest BCUT2D eigenvalue weighted by Crippen LogP contribution is 2.31. The van der Waals surface area contributed by atoms with Gasteiger partial charge in [0.2, 0.25) is 10.0 Å². The summed E-state index contributed by atoms with van der Waals surface area (Å²) in [5.41, 5.74) is 0. The molecule has 15 heavy (non-hydrogen) atoms. The van der Waals surface area contributed by atoms with Gasteiger partial charge in [0, 0.05) is 31.6 Å². The number of hydroxylamine groups is 2. The Morgan fingerprint density at radius 1 is 1.40 bits per heavy atom. The summed E-state index contributed by atoms with van der Waals surface area (Å²) in [5.74, 6) is 0.320. The highest BCUT2D eigenvalue weighted by atomic mass is 32.2. The van der Waals surface area contributed by atoms with Crippen molar-refractivity contribution in [2.24, 2.45) is 5.92 Å². The lowest BCUT2D eigenvalue weighted by molar-refractivity contribution is -0.112. The highest BCUT2D eigenvalue weighted by molar-refractivity contribution is 7.88. The van der Waals surface area contributed by atoms with Crippen LogP contribution in [0.4, 0.5) is 0 Å². The van der Waals surface area contributed by atoms with Gasteiger partial charge in [-0.15, -0.1) is 0 Å². The fraction of sp³-hybridized carbons (Fsp3) is 1.00. The largest absolute Gasteiger partial charge is 0.299 e. The third kappa shape index (κ3) is 2.04. The Hall–Kier alpha value is -0.170. The number of hydrogen-bond acceptors (Lipinski definition) is 4. The molecule has 0 radical (unpaired) electrons. The van der Waals surface area contributed by atoms with Crippen LogP contribution in [0.3, 0.4) is 0 Å². The fourth-order valence-electron chi connectivity index (χ4n) is 2.57. The van der Waals surface area contributed by atoms with Crippen LogP contribution in [0.1, 0.15) is 13.3 Å². The van der Waals surface area contributed by atoms with E-state index in [4.69, 9.17) is 4.84 Å². The molecule has 0 unspecified atom stereocenters. The molecule has 0 amide bonds. The van der Waals surface area contributed by atoms with E-state index < -0.39 is 10.0 Å². The minimum Gasteiger partial charge on any atom is -0.299 e. The van der Waals surface area contributed by atoms with Gasteiger partial charge in [-0.05, 0) is 13.3 Å². The second-order valence-corrected chi connectivity index (χ2v) is 6.52. The van der Waals surface area contributed by atoms with Gasteiger partial charge in [0.25, 0.3) is 0 Å². The summed E-state index contributed by atoms with van der Waals surface area (Å²) in [5, 5.41) is 1.88. The van der Waals surface area contributed by atoms with Crippen LogP contribution in [0.5, 0.6) is 0 Å². The first-order chi connectivity index (χ1) is 6.89. The van der Waals surface area contributed by atoms with Gasteiger partial charge in [-0.1, -0.05) is 0 Å². The maximum Gasteiger partial charge on any atom is 0.211 e. The molecular formula is C9H18N2O3S. The van der Waals surface area contributed by atoms with Gasteiger partial charge >= 0.3 is 0 Å². The molecule has 2 heterocycles. The van der Waals surface area contributed by atoms with Gasteiger partial charge in [-0.25, -0.2) is 8.42 Å². The first-order valence-corrected chi connectivity index (χ1v) is 7.07. The minimum atomic E-state index is -3.07. The SMILES string of the molecule is C[C@H]1C[C@@H]2[C@@H](CON2C)CN1S(C)(=O)=O. The van der Waals surface area contributed by atoms with E-state index in [1.54, 1.807) is 4.31 Å². The lowest BCUT2D eigenvalue weighted by Gasteiger charge is -2.38. The van der Waals surface area contributed by atoms with Gasteiger partial charge < -0.3 is 0 Å². The van der Waals surface area contributed by atoms with Crippen LogP contribution in [0.25, 0.3) is 0 Å². The fourth-order valence-corrected chi connectivity index (χ4v) is 3.77. The average Bonchev–Trinajstić information content (AvgIpc) is 2.45. The van der Waals surface area contributed by atoms with Crippen molar-refractivity contribution in [3.05, 3.63) is 0 Å². The molecule has 0 spiro atoms. The molecule has 2 aliphatic heterocycles. The Bertz CT molecular complexity index is 343. The average molecular weight is 234 g/mol. The number of fused-ring (bicyclic) bond motifs is 1. The van der Waals surface area contributed by atoms with Crippen LogP contribution in [-0.4, -0.2) is 56.3 Å². The number of nitrogens with zero attached hydrogens (tertiary/aromatic N) is 2. The molecule has 0 aliphatic carbocycles. The van der Waals surface area contributed by atoms with Gasteiger partial charge in [0.15, 0.2) is 0 Å². The molecule has 0 N–H and O–H groups in total. The molecule has 2 saturated heterocycles. The second-order valence-electron chi connectivity index (χ2n) is 4.59. The molecule has 0 aromatic heterocycles. The first kappa shape index (κ1) is 11.3. The quantitative estimate of drug-likeness (QED) is 0.636. The van der Waals surface area contributed by atoms with E-state index >= 15 is 0 Å². The Labute approximate surface area is 91.0 Å². The Balaban J connectivity index is 2.15. The van der Waals surface area contributed by atoms with Crippen molar-refractivity contribution < 1.29 is 13.3 Å². The molecule has 2 fully saturated rings. The highest BCUT2D eigenvalue weighted by Gasteiger charge is 2.43. The lowest BCUT2D eigenvalue weighted by atomic mass is 9.91. The minimum absolute atomic E-state index is 0.0744. The van der Waals surface area contributed by atoms with Crippen molar-refractivity contribution in [2.75, 3.05) is 26.5 Å². The predicted molar refractivity (Wildman–Crippen MR) is 56.6 cm³/mol. The predicted octanol–water partition coefficient (Wildman–Crippen LogP) is -0.0980. The number of sulfonamides is 1. The van der Waals surface area contributed by atoms with Crippen LogP contribution in [0, 0.1) is 5.92 Å². The molecule has 88 valence electrons. The molecule has 2 rings (SSSR count). The molecule has 0 bridgehead atoms. The zero-order valence-corrected chi connectivity index (χ0v) is 10.2. The molecule has 0 aromatic rings. The summed E-state index contributed by atoms with van der Waals surface area (Å²) in [4.78, 5) is 5.42. The Kier molecular flexibility index (Phi) is 2.79. The van der Waals surface area contributed by atoms with E-state index in [0.717, 1.165) is 6.42 Å². The molecule has 6 heteroatoms. The van der Waals surface area contributed by atoms with E-state index in [9.17, 15) is 8.42 Å². The summed E-state index contributed by atoms with van der Waals surface area (Å²) in [6.07, 6.45) is 2.14. The Morgan fingerprint density at radius 2 is 2.07 bits per heavy atom. The molecule has 0 saturated carbocycles. The molecule has 2 aliphatic rings. The van der Waals surface area contributed by atoms with Crippen LogP contribution >= 0.6 is 0 Å². The van der Waals surface area contributed by atoms with Crippen LogP contribution < -0.4 is 0 Å². The van der Waals surface area contributed by atoms with E-state index in [0.29, 0.717) is 25.1 Å². The van der Waals surface area contributed by atoms with Crippen LogP contribution in [0.15, 0.2) is 0 Å². The normalized spacial score (nSPS) is 39.3. The lowest BCUT2D eigenvalue weighted by Crippen LogP contribution is -2.51. The molecule has 0 aromatic carbocycles.